The summed E-state index contributed by atoms with van der Waals surface area (Å²) in [6.07, 6.45) is 0. The van der Waals surface area contributed by atoms with Crippen LogP contribution >= 0.6 is 0 Å². The Labute approximate surface area is 159 Å². The average molecular weight is 371 g/mol. The minimum absolute atomic E-state index is 0.240. The maximum atomic E-state index is 11.8. The van der Waals surface area contributed by atoms with Gasteiger partial charge in [0.15, 0.2) is 13.2 Å². The molecule has 0 bridgehead atoms. The van der Waals surface area contributed by atoms with Gasteiger partial charge in [-0.15, -0.1) is 0 Å². The zero-order valence-electron chi connectivity index (χ0n) is 16.1. The summed E-state index contributed by atoms with van der Waals surface area (Å²) in [6.45, 7) is 5.61. The van der Waals surface area contributed by atoms with Crippen LogP contribution in [0.25, 0.3) is 0 Å². The third-order valence-electron chi connectivity index (χ3n) is 3.95. The number of hydrogen-bond acceptors (Lipinski definition) is 5. The van der Waals surface area contributed by atoms with E-state index in [2.05, 4.69) is 5.32 Å². The molecule has 2 aromatic carbocycles. The lowest BCUT2D eigenvalue weighted by Gasteiger charge is -2.13. The van der Waals surface area contributed by atoms with Crippen LogP contribution < -0.4 is 14.8 Å². The fourth-order valence-electron chi connectivity index (χ4n) is 2.71. The Kier molecular flexibility index (Phi) is 7.23. The van der Waals surface area contributed by atoms with Crippen LogP contribution in [0.2, 0.25) is 0 Å². The zero-order valence-corrected chi connectivity index (χ0v) is 16.1. The van der Waals surface area contributed by atoms with Gasteiger partial charge in [-0.25, -0.2) is 4.79 Å². The van der Waals surface area contributed by atoms with E-state index in [1.165, 1.54) is 0 Å². The Morgan fingerprint density at radius 3 is 2.19 bits per heavy atom. The van der Waals surface area contributed by atoms with E-state index in [0.29, 0.717) is 12.3 Å². The third-order valence-corrected chi connectivity index (χ3v) is 3.95. The van der Waals surface area contributed by atoms with E-state index in [-0.39, 0.29) is 19.1 Å². The Bertz CT molecular complexity index is 776. The largest absolute Gasteiger partial charge is 0.497 e. The highest BCUT2D eigenvalue weighted by atomic mass is 16.6. The van der Waals surface area contributed by atoms with E-state index in [0.717, 1.165) is 28.0 Å². The summed E-state index contributed by atoms with van der Waals surface area (Å²) in [5, 5.41) is 2.69. The van der Waals surface area contributed by atoms with Gasteiger partial charge in [-0.1, -0.05) is 29.8 Å². The molecule has 0 aliphatic rings. The van der Waals surface area contributed by atoms with Crippen molar-refractivity contribution in [3.63, 3.8) is 0 Å². The molecule has 0 fully saturated rings. The highest BCUT2D eigenvalue weighted by molar-refractivity contribution is 5.80. The minimum atomic E-state index is -0.589. The van der Waals surface area contributed by atoms with E-state index in [4.69, 9.17) is 14.2 Å². The van der Waals surface area contributed by atoms with Crippen LogP contribution in [-0.4, -0.2) is 32.2 Å². The summed E-state index contributed by atoms with van der Waals surface area (Å²) in [7, 11) is 1.59. The Morgan fingerprint density at radius 2 is 1.59 bits per heavy atom. The molecule has 0 radical (unpaired) electrons. The molecule has 0 aromatic heterocycles. The molecule has 0 spiro atoms. The predicted octanol–water partition coefficient (Wildman–Crippen LogP) is 2.86. The normalized spacial score (nSPS) is 10.2. The number of carbonyl (C=O) groups is 2. The van der Waals surface area contributed by atoms with Gasteiger partial charge in [-0.05, 0) is 49.6 Å². The minimum Gasteiger partial charge on any atom is -0.497 e. The predicted molar refractivity (Wildman–Crippen MR) is 102 cm³/mol. The highest BCUT2D eigenvalue weighted by Gasteiger charge is 2.11. The summed E-state index contributed by atoms with van der Waals surface area (Å²) in [4.78, 5) is 23.6. The number of rotatable bonds is 8. The molecule has 0 aliphatic heterocycles. The monoisotopic (exact) mass is 371 g/mol. The molecular weight excluding hydrogens is 346 g/mol. The fourth-order valence-corrected chi connectivity index (χ4v) is 2.71. The van der Waals surface area contributed by atoms with Crippen molar-refractivity contribution in [1.82, 2.24) is 5.32 Å². The van der Waals surface area contributed by atoms with Crippen LogP contribution in [0.4, 0.5) is 0 Å². The van der Waals surface area contributed by atoms with Crippen molar-refractivity contribution in [2.24, 2.45) is 0 Å². The van der Waals surface area contributed by atoms with Crippen molar-refractivity contribution in [1.29, 1.82) is 0 Å². The Morgan fingerprint density at radius 1 is 0.963 bits per heavy atom. The highest BCUT2D eigenvalue weighted by Crippen LogP contribution is 2.24. The summed E-state index contributed by atoms with van der Waals surface area (Å²) < 4.78 is 15.6. The number of esters is 1. The van der Waals surface area contributed by atoms with Crippen LogP contribution in [0, 0.1) is 20.8 Å². The first-order valence-electron chi connectivity index (χ1n) is 8.65. The van der Waals surface area contributed by atoms with E-state index in [1.54, 1.807) is 7.11 Å². The van der Waals surface area contributed by atoms with Crippen molar-refractivity contribution in [3.05, 3.63) is 58.7 Å². The molecule has 2 rings (SSSR count). The number of methoxy groups -OCH3 is 1. The second-order valence-electron chi connectivity index (χ2n) is 6.30. The number of ether oxygens (including phenoxy) is 3. The molecule has 0 atom stereocenters. The quantitative estimate of drug-likeness (QED) is 0.723. The van der Waals surface area contributed by atoms with Gasteiger partial charge < -0.3 is 19.5 Å². The maximum Gasteiger partial charge on any atom is 0.344 e. The van der Waals surface area contributed by atoms with E-state index in [9.17, 15) is 9.59 Å². The Hall–Kier alpha value is -3.02. The van der Waals surface area contributed by atoms with Gasteiger partial charge in [0.1, 0.15) is 11.5 Å². The topological polar surface area (TPSA) is 73.9 Å². The van der Waals surface area contributed by atoms with Crippen molar-refractivity contribution in [3.8, 4) is 11.5 Å². The van der Waals surface area contributed by atoms with E-state index in [1.807, 2.05) is 57.2 Å². The number of nitrogens with one attached hydrogen (secondary N) is 1. The SMILES string of the molecule is COc1ccc(CNC(=O)COC(=O)COc2c(C)cc(C)cc2C)cc1. The molecule has 1 amide bonds. The van der Waals surface area contributed by atoms with Gasteiger partial charge in [0.2, 0.25) is 0 Å². The van der Waals surface area contributed by atoms with Gasteiger partial charge in [0.05, 0.1) is 7.11 Å². The number of benzene rings is 2. The molecule has 2 aromatic rings. The van der Waals surface area contributed by atoms with Crippen molar-refractivity contribution < 1.29 is 23.8 Å². The molecule has 6 heteroatoms. The van der Waals surface area contributed by atoms with Gasteiger partial charge in [0.25, 0.3) is 5.91 Å². The number of aryl methyl sites for hydroxylation is 3. The first-order chi connectivity index (χ1) is 12.9. The lowest BCUT2D eigenvalue weighted by molar-refractivity contribution is -0.150. The van der Waals surface area contributed by atoms with Gasteiger partial charge >= 0.3 is 5.97 Å². The molecule has 1 N–H and O–H groups in total. The standard InChI is InChI=1S/C21H25NO5/c1-14-9-15(2)21(16(3)10-14)27-13-20(24)26-12-19(23)22-11-17-5-7-18(25-4)8-6-17/h5-10H,11-13H2,1-4H3,(H,22,23). The van der Waals surface area contributed by atoms with Crippen molar-refractivity contribution >= 4 is 11.9 Å². The van der Waals surface area contributed by atoms with Crippen molar-refractivity contribution in [2.45, 2.75) is 27.3 Å². The molecule has 0 unspecified atom stereocenters. The molecule has 6 nitrogen and oxygen atoms in total. The Balaban J connectivity index is 1.72. The number of carbonyl (C=O) groups excluding carboxylic acids is 2. The van der Waals surface area contributed by atoms with Gasteiger partial charge in [-0.2, -0.15) is 0 Å². The average Bonchev–Trinajstić information content (AvgIpc) is 2.64. The van der Waals surface area contributed by atoms with E-state index >= 15 is 0 Å². The second-order valence-corrected chi connectivity index (χ2v) is 6.30. The second kappa shape index (κ2) is 9.62. The number of hydrogen-bond donors (Lipinski definition) is 1. The summed E-state index contributed by atoms with van der Waals surface area (Å²) in [6, 6.07) is 11.3. The van der Waals surface area contributed by atoms with Crippen LogP contribution in [0.3, 0.4) is 0 Å². The first kappa shape index (κ1) is 20.3. The van der Waals surface area contributed by atoms with Gasteiger partial charge in [0, 0.05) is 6.54 Å². The summed E-state index contributed by atoms with van der Waals surface area (Å²) >= 11 is 0. The molecule has 0 saturated carbocycles. The van der Waals surface area contributed by atoms with Crippen LogP contribution in [0.1, 0.15) is 22.3 Å². The van der Waals surface area contributed by atoms with Crippen LogP contribution in [0.5, 0.6) is 11.5 Å². The smallest absolute Gasteiger partial charge is 0.344 e. The lowest BCUT2D eigenvalue weighted by atomic mass is 10.1. The summed E-state index contributed by atoms with van der Waals surface area (Å²) in [5.74, 6) is 0.454. The van der Waals surface area contributed by atoms with Crippen LogP contribution in [0.15, 0.2) is 36.4 Å². The lowest BCUT2D eigenvalue weighted by Crippen LogP contribution is -2.29. The molecular formula is C21H25NO5. The van der Waals surface area contributed by atoms with Gasteiger partial charge in [-0.3, -0.25) is 4.79 Å². The van der Waals surface area contributed by atoms with Crippen molar-refractivity contribution in [2.75, 3.05) is 20.3 Å². The third kappa shape index (κ3) is 6.33. The molecule has 0 heterocycles. The first-order valence-corrected chi connectivity index (χ1v) is 8.65. The zero-order chi connectivity index (χ0) is 19.8. The molecule has 144 valence electrons. The molecule has 0 saturated heterocycles. The van der Waals surface area contributed by atoms with Crippen LogP contribution in [-0.2, 0) is 20.9 Å². The fraction of sp³-hybridized carbons (Fsp3) is 0.333. The maximum absolute atomic E-state index is 11.8. The molecule has 0 aliphatic carbocycles. The number of amides is 1. The van der Waals surface area contributed by atoms with E-state index < -0.39 is 5.97 Å². The summed E-state index contributed by atoms with van der Waals surface area (Å²) in [5.41, 5.74) is 3.97. The molecule has 27 heavy (non-hydrogen) atoms.